The normalized spacial score (nSPS) is 27.2. The molecule has 1 aromatic carbocycles. The molecule has 3 atom stereocenters. The molecular formula is C19H26N4O3S2. The fourth-order valence-electron chi connectivity index (χ4n) is 4.59. The Morgan fingerprint density at radius 2 is 1.89 bits per heavy atom. The molecule has 0 saturated carbocycles. The third kappa shape index (κ3) is 3.67. The lowest BCUT2D eigenvalue weighted by molar-refractivity contribution is -0.139. The summed E-state index contributed by atoms with van der Waals surface area (Å²) in [6.45, 7) is 6.58. The molecule has 0 bridgehead atoms. The highest BCUT2D eigenvalue weighted by Gasteiger charge is 2.37. The highest BCUT2D eigenvalue weighted by molar-refractivity contribution is 7.89. The maximum absolute atomic E-state index is 13.3. The average Bonchev–Trinajstić information content (AvgIpc) is 3.15. The van der Waals surface area contributed by atoms with Crippen LogP contribution in [0.5, 0.6) is 0 Å². The molecule has 2 fully saturated rings. The van der Waals surface area contributed by atoms with Crippen molar-refractivity contribution in [2.24, 2.45) is 17.8 Å². The summed E-state index contributed by atoms with van der Waals surface area (Å²) in [5.74, 6) is 0.817. The lowest BCUT2D eigenvalue weighted by Gasteiger charge is -2.39. The summed E-state index contributed by atoms with van der Waals surface area (Å²) < 4.78 is 36.4. The molecule has 28 heavy (non-hydrogen) atoms. The van der Waals surface area contributed by atoms with Gasteiger partial charge in [0.1, 0.15) is 15.9 Å². The Labute approximate surface area is 170 Å². The summed E-state index contributed by atoms with van der Waals surface area (Å²) in [7, 11) is -3.71. The topological polar surface area (TPSA) is 83.5 Å². The summed E-state index contributed by atoms with van der Waals surface area (Å²) >= 11 is 1.01. The van der Waals surface area contributed by atoms with Crippen LogP contribution in [0.25, 0.3) is 11.0 Å². The number of carbonyl (C=O) groups excluding carboxylic acids is 1. The first-order valence-electron chi connectivity index (χ1n) is 9.86. The zero-order chi connectivity index (χ0) is 19.9. The van der Waals surface area contributed by atoms with Crippen molar-refractivity contribution in [3.8, 4) is 0 Å². The molecular weight excluding hydrogens is 396 g/mol. The SMILES string of the molecule is C[C@@H]1C[C@@H](C)CN(C(=O)[C@@H]2CCCN(S(=O)(=O)c3cccc4nsnc34)C2)C1. The van der Waals surface area contributed by atoms with Crippen molar-refractivity contribution in [3.05, 3.63) is 18.2 Å². The van der Waals surface area contributed by atoms with Crippen LogP contribution in [-0.4, -0.2) is 58.5 Å². The summed E-state index contributed by atoms with van der Waals surface area (Å²) in [5, 5.41) is 0. The summed E-state index contributed by atoms with van der Waals surface area (Å²) in [6, 6.07) is 5.04. The quantitative estimate of drug-likeness (QED) is 0.759. The van der Waals surface area contributed by atoms with Crippen LogP contribution < -0.4 is 0 Å². The Bertz CT molecular complexity index is 964. The molecule has 2 aliphatic rings. The van der Waals surface area contributed by atoms with Gasteiger partial charge in [-0.1, -0.05) is 19.9 Å². The van der Waals surface area contributed by atoms with Crippen molar-refractivity contribution >= 4 is 38.7 Å². The molecule has 0 unspecified atom stereocenters. The molecule has 4 rings (SSSR count). The number of piperidine rings is 2. The lowest BCUT2D eigenvalue weighted by Crippen LogP contribution is -2.50. The zero-order valence-electron chi connectivity index (χ0n) is 16.2. The standard InChI is InChI=1S/C19H26N4O3S2/c1-13-9-14(2)11-22(10-13)19(24)15-5-4-8-23(12-15)28(25,26)17-7-3-6-16-18(17)21-27-20-16/h3,6-7,13-15H,4-5,8-12H2,1-2H3/t13-,14-,15-/m1/s1. The Morgan fingerprint density at radius 1 is 1.14 bits per heavy atom. The number of aromatic nitrogens is 2. The number of nitrogens with zero attached hydrogens (tertiary/aromatic N) is 4. The van der Waals surface area contributed by atoms with E-state index in [0.717, 1.165) is 37.7 Å². The van der Waals surface area contributed by atoms with E-state index in [0.29, 0.717) is 35.8 Å². The number of hydrogen-bond acceptors (Lipinski definition) is 6. The highest BCUT2D eigenvalue weighted by atomic mass is 32.2. The second-order valence-electron chi connectivity index (χ2n) is 8.28. The molecule has 7 nitrogen and oxygen atoms in total. The van der Waals surface area contributed by atoms with Gasteiger partial charge in [-0.15, -0.1) is 0 Å². The van der Waals surface area contributed by atoms with Gasteiger partial charge in [0.2, 0.25) is 15.9 Å². The average molecular weight is 423 g/mol. The first-order chi connectivity index (χ1) is 13.4. The van der Waals surface area contributed by atoms with Gasteiger partial charge in [-0.25, -0.2) is 8.42 Å². The van der Waals surface area contributed by atoms with Gasteiger partial charge in [0, 0.05) is 26.2 Å². The molecule has 1 amide bonds. The number of sulfonamides is 1. The third-order valence-electron chi connectivity index (χ3n) is 5.78. The lowest BCUT2D eigenvalue weighted by atomic mass is 9.90. The second-order valence-corrected chi connectivity index (χ2v) is 10.7. The van der Waals surface area contributed by atoms with E-state index in [1.807, 2.05) is 4.90 Å². The molecule has 9 heteroatoms. The van der Waals surface area contributed by atoms with Crippen molar-refractivity contribution in [3.63, 3.8) is 0 Å². The van der Waals surface area contributed by atoms with Crippen LogP contribution >= 0.6 is 11.7 Å². The second kappa shape index (κ2) is 7.68. The van der Waals surface area contributed by atoms with Crippen molar-refractivity contribution in [2.75, 3.05) is 26.2 Å². The molecule has 2 aliphatic heterocycles. The number of rotatable bonds is 3. The van der Waals surface area contributed by atoms with Gasteiger partial charge < -0.3 is 4.90 Å². The van der Waals surface area contributed by atoms with Gasteiger partial charge in [0.05, 0.1) is 17.6 Å². The van der Waals surface area contributed by atoms with Crippen LogP contribution in [0.1, 0.15) is 33.1 Å². The zero-order valence-corrected chi connectivity index (χ0v) is 17.9. The van der Waals surface area contributed by atoms with Crippen molar-refractivity contribution in [1.29, 1.82) is 0 Å². The Balaban J connectivity index is 1.55. The molecule has 1 aromatic heterocycles. The van der Waals surface area contributed by atoms with Crippen LogP contribution in [0.15, 0.2) is 23.1 Å². The van der Waals surface area contributed by atoms with Crippen LogP contribution in [0.4, 0.5) is 0 Å². The molecule has 2 aromatic rings. The van der Waals surface area contributed by atoms with E-state index in [1.165, 1.54) is 4.31 Å². The number of fused-ring (bicyclic) bond motifs is 1. The first kappa shape index (κ1) is 19.7. The molecule has 0 N–H and O–H groups in total. The molecule has 0 aliphatic carbocycles. The van der Waals surface area contributed by atoms with Crippen molar-refractivity contribution in [1.82, 2.24) is 18.0 Å². The fourth-order valence-corrected chi connectivity index (χ4v) is 6.87. The number of likely N-dealkylation sites (tertiary alicyclic amines) is 1. The van der Waals surface area contributed by atoms with Gasteiger partial charge >= 0.3 is 0 Å². The molecule has 0 radical (unpaired) electrons. The number of hydrogen-bond donors (Lipinski definition) is 0. The minimum Gasteiger partial charge on any atom is -0.342 e. The van der Waals surface area contributed by atoms with E-state index in [2.05, 4.69) is 22.6 Å². The van der Waals surface area contributed by atoms with E-state index < -0.39 is 10.0 Å². The van der Waals surface area contributed by atoms with Gasteiger partial charge in [0.15, 0.2) is 0 Å². The smallest absolute Gasteiger partial charge is 0.245 e. The molecule has 0 spiro atoms. The van der Waals surface area contributed by atoms with E-state index in [-0.39, 0.29) is 23.3 Å². The van der Waals surface area contributed by atoms with Crippen LogP contribution in [0, 0.1) is 17.8 Å². The Hall–Kier alpha value is -1.58. The number of benzene rings is 1. The summed E-state index contributed by atoms with van der Waals surface area (Å²) in [4.78, 5) is 15.2. The van der Waals surface area contributed by atoms with E-state index >= 15 is 0 Å². The van der Waals surface area contributed by atoms with Crippen LogP contribution in [0.3, 0.4) is 0 Å². The molecule has 2 saturated heterocycles. The van der Waals surface area contributed by atoms with Crippen LogP contribution in [0.2, 0.25) is 0 Å². The fraction of sp³-hybridized carbons (Fsp3) is 0.632. The number of amides is 1. The van der Waals surface area contributed by atoms with Gasteiger partial charge in [-0.3, -0.25) is 4.79 Å². The van der Waals surface area contributed by atoms with Crippen molar-refractivity contribution in [2.45, 2.75) is 38.0 Å². The van der Waals surface area contributed by atoms with Crippen molar-refractivity contribution < 1.29 is 13.2 Å². The van der Waals surface area contributed by atoms with E-state index in [1.54, 1.807) is 18.2 Å². The first-order valence-corrected chi connectivity index (χ1v) is 12.0. The summed E-state index contributed by atoms with van der Waals surface area (Å²) in [5.41, 5.74) is 1.01. The van der Waals surface area contributed by atoms with Crippen LogP contribution in [-0.2, 0) is 14.8 Å². The summed E-state index contributed by atoms with van der Waals surface area (Å²) in [6.07, 6.45) is 2.58. The van der Waals surface area contributed by atoms with E-state index in [4.69, 9.17) is 0 Å². The third-order valence-corrected chi connectivity index (χ3v) is 8.22. The largest absolute Gasteiger partial charge is 0.342 e. The minimum absolute atomic E-state index is 0.104. The molecule has 3 heterocycles. The maximum atomic E-state index is 13.3. The Morgan fingerprint density at radius 3 is 2.64 bits per heavy atom. The monoisotopic (exact) mass is 422 g/mol. The predicted molar refractivity (Wildman–Crippen MR) is 108 cm³/mol. The van der Waals surface area contributed by atoms with Gasteiger partial charge in [0.25, 0.3) is 0 Å². The maximum Gasteiger partial charge on any atom is 0.245 e. The Kier molecular flexibility index (Phi) is 5.41. The van der Waals surface area contributed by atoms with Gasteiger partial charge in [-0.2, -0.15) is 13.1 Å². The van der Waals surface area contributed by atoms with E-state index in [9.17, 15) is 13.2 Å². The number of carbonyl (C=O) groups is 1. The van der Waals surface area contributed by atoms with Gasteiger partial charge in [-0.05, 0) is 43.2 Å². The molecule has 152 valence electrons. The highest BCUT2D eigenvalue weighted by Crippen LogP contribution is 2.30. The minimum atomic E-state index is -3.71. The predicted octanol–water partition coefficient (Wildman–Crippen LogP) is 2.60.